The number of rotatable bonds is 8. The van der Waals surface area contributed by atoms with Gasteiger partial charge in [-0.2, -0.15) is 0 Å². The van der Waals surface area contributed by atoms with Crippen LogP contribution in [0.5, 0.6) is 0 Å². The van der Waals surface area contributed by atoms with E-state index in [1.165, 1.54) is 0 Å². The average molecular weight is 256 g/mol. The first-order valence-electron chi connectivity index (χ1n) is 5.79. The Labute approximate surface area is 106 Å². The van der Waals surface area contributed by atoms with E-state index in [9.17, 15) is 4.79 Å². The highest BCUT2D eigenvalue weighted by atomic mass is 32.1. The maximum absolute atomic E-state index is 10.9. The van der Waals surface area contributed by atoms with E-state index in [-0.39, 0.29) is 5.91 Å². The number of ether oxygens (including phenoxy) is 1. The lowest BCUT2D eigenvalue weighted by Gasteiger charge is -2.07. The van der Waals surface area contributed by atoms with Gasteiger partial charge in [0.25, 0.3) is 0 Å². The fraction of sp³-hybridized carbons (Fsp3) is 0.583. The first-order valence-corrected chi connectivity index (χ1v) is 6.67. The minimum Gasteiger partial charge on any atom is -0.379 e. The fourth-order valence-corrected chi connectivity index (χ4v) is 2.17. The van der Waals surface area contributed by atoms with Crippen LogP contribution in [0.1, 0.15) is 35.5 Å². The molecule has 0 atom stereocenters. The number of thiophene rings is 1. The molecule has 1 heterocycles. The summed E-state index contributed by atoms with van der Waals surface area (Å²) in [6.45, 7) is 6.53. The second-order valence-corrected chi connectivity index (χ2v) is 5.11. The van der Waals surface area contributed by atoms with Crippen molar-refractivity contribution in [1.29, 1.82) is 0 Å². The van der Waals surface area contributed by atoms with Crippen LogP contribution in [0.4, 0.5) is 0 Å². The van der Waals surface area contributed by atoms with Gasteiger partial charge in [0.15, 0.2) is 0 Å². The quantitative estimate of drug-likeness (QED) is 0.696. The number of hydrogen-bond donors (Lipinski definition) is 2. The molecule has 96 valence electrons. The molecule has 0 aromatic carbocycles. The molecule has 4 nitrogen and oxygen atoms in total. The summed E-state index contributed by atoms with van der Waals surface area (Å²) in [6, 6.07) is 1.84. The van der Waals surface area contributed by atoms with E-state index in [2.05, 4.69) is 5.32 Å². The van der Waals surface area contributed by atoms with Crippen molar-refractivity contribution in [2.45, 2.75) is 32.9 Å². The van der Waals surface area contributed by atoms with Crippen molar-refractivity contribution in [3.8, 4) is 0 Å². The summed E-state index contributed by atoms with van der Waals surface area (Å²) in [5.74, 6) is -0.363. The molecule has 1 amide bonds. The monoisotopic (exact) mass is 256 g/mol. The minimum atomic E-state index is -0.363. The summed E-state index contributed by atoms with van der Waals surface area (Å²) in [5.41, 5.74) is 5.77. The van der Waals surface area contributed by atoms with Crippen molar-refractivity contribution < 1.29 is 9.53 Å². The molecule has 17 heavy (non-hydrogen) atoms. The first-order chi connectivity index (χ1) is 8.09. The van der Waals surface area contributed by atoms with Crippen molar-refractivity contribution in [1.82, 2.24) is 5.32 Å². The van der Waals surface area contributed by atoms with Gasteiger partial charge in [0.2, 0.25) is 5.91 Å². The van der Waals surface area contributed by atoms with Gasteiger partial charge < -0.3 is 15.8 Å². The van der Waals surface area contributed by atoms with Gasteiger partial charge in [-0.05, 0) is 32.9 Å². The lowest BCUT2D eigenvalue weighted by molar-refractivity contribution is 0.0770. The van der Waals surface area contributed by atoms with E-state index >= 15 is 0 Å². The molecule has 0 unspecified atom stereocenters. The molecule has 0 aliphatic carbocycles. The number of carbonyl (C=O) groups excluding carboxylic acids is 1. The highest BCUT2D eigenvalue weighted by Gasteiger charge is 2.03. The second kappa shape index (κ2) is 7.42. The predicted octanol–water partition coefficient (Wildman–Crippen LogP) is 1.75. The average Bonchev–Trinajstić information content (AvgIpc) is 2.71. The van der Waals surface area contributed by atoms with Gasteiger partial charge in [0.1, 0.15) is 0 Å². The van der Waals surface area contributed by atoms with E-state index in [1.807, 2.05) is 19.9 Å². The molecule has 1 aromatic heterocycles. The zero-order valence-corrected chi connectivity index (χ0v) is 11.2. The van der Waals surface area contributed by atoms with Gasteiger partial charge in [-0.15, -0.1) is 11.3 Å². The molecular weight excluding hydrogens is 236 g/mol. The van der Waals surface area contributed by atoms with Gasteiger partial charge in [-0.1, -0.05) is 0 Å². The zero-order valence-electron chi connectivity index (χ0n) is 10.4. The van der Waals surface area contributed by atoms with Crippen LogP contribution in [0.15, 0.2) is 11.4 Å². The van der Waals surface area contributed by atoms with Crippen LogP contribution < -0.4 is 11.1 Å². The van der Waals surface area contributed by atoms with E-state index in [0.717, 1.165) is 31.0 Å². The summed E-state index contributed by atoms with van der Waals surface area (Å²) in [5, 5.41) is 5.10. The number of hydrogen-bond acceptors (Lipinski definition) is 4. The number of nitrogens with one attached hydrogen (secondary N) is 1. The Morgan fingerprint density at radius 3 is 2.94 bits per heavy atom. The van der Waals surface area contributed by atoms with Crippen LogP contribution in [-0.4, -0.2) is 25.2 Å². The van der Waals surface area contributed by atoms with Crippen molar-refractivity contribution in [3.05, 3.63) is 21.9 Å². The van der Waals surface area contributed by atoms with Gasteiger partial charge in [-0.25, -0.2) is 0 Å². The SMILES string of the molecule is CC(C)OCCCNCc1cc(C(N)=O)cs1. The second-order valence-electron chi connectivity index (χ2n) is 4.12. The molecule has 0 aliphatic heterocycles. The Balaban J connectivity index is 2.11. The van der Waals surface area contributed by atoms with Gasteiger partial charge in [0.05, 0.1) is 11.7 Å². The van der Waals surface area contributed by atoms with E-state index in [1.54, 1.807) is 16.7 Å². The number of nitrogens with two attached hydrogens (primary N) is 1. The lowest BCUT2D eigenvalue weighted by Crippen LogP contribution is -2.17. The van der Waals surface area contributed by atoms with E-state index < -0.39 is 0 Å². The Kier molecular flexibility index (Phi) is 6.18. The molecule has 0 fully saturated rings. The molecule has 0 bridgehead atoms. The molecule has 3 N–H and O–H groups in total. The van der Waals surface area contributed by atoms with Crippen LogP contribution in [0.2, 0.25) is 0 Å². The summed E-state index contributed by atoms with van der Waals surface area (Å²) in [6.07, 6.45) is 1.29. The third-order valence-corrected chi connectivity index (χ3v) is 3.12. The van der Waals surface area contributed by atoms with Crippen LogP contribution >= 0.6 is 11.3 Å². The van der Waals surface area contributed by atoms with E-state index in [4.69, 9.17) is 10.5 Å². The van der Waals surface area contributed by atoms with Gasteiger partial charge in [-0.3, -0.25) is 4.79 Å². The van der Waals surface area contributed by atoms with Crippen LogP contribution in [0.3, 0.4) is 0 Å². The van der Waals surface area contributed by atoms with E-state index in [0.29, 0.717) is 11.7 Å². The van der Waals surface area contributed by atoms with Crippen LogP contribution in [-0.2, 0) is 11.3 Å². The summed E-state index contributed by atoms with van der Waals surface area (Å²) in [4.78, 5) is 12.0. The maximum Gasteiger partial charge on any atom is 0.249 e. The normalized spacial score (nSPS) is 11.0. The molecule has 5 heteroatoms. The highest BCUT2D eigenvalue weighted by molar-refractivity contribution is 7.10. The van der Waals surface area contributed by atoms with Gasteiger partial charge >= 0.3 is 0 Å². The molecule has 0 aliphatic rings. The Hall–Kier alpha value is -0.910. The number of amides is 1. The third-order valence-electron chi connectivity index (χ3n) is 2.19. The highest BCUT2D eigenvalue weighted by Crippen LogP contribution is 2.13. The molecule has 0 radical (unpaired) electrons. The van der Waals surface area contributed by atoms with Crippen molar-refractivity contribution in [3.63, 3.8) is 0 Å². The predicted molar refractivity (Wildman–Crippen MR) is 70.2 cm³/mol. The summed E-state index contributed by atoms with van der Waals surface area (Å²) in [7, 11) is 0. The van der Waals surface area contributed by atoms with Crippen molar-refractivity contribution in [2.75, 3.05) is 13.2 Å². The molecular formula is C12H20N2O2S. The van der Waals surface area contributed by atoms with Crippen LogP contribution in [0, 0.1) is 0 Å². The standard InChI is InChI=1S/C12H20N2O2S/c1-9(2)16-5-3-4-14-7-11-6-10(8-17-11)12(13)15/h6,8-9,14H,3-5,7H2,1-2H3,(H2,13,15). The molecule has 1 aromatic rings. The topological polar surface area (TPSA) is 64.3 Å². The van der Waals surface area contributed by atoms with Crippen molar-refractivity contribution in [2.24, 2.45) is 5.73 Å². The fourth-order valence-electron chi connectivity index (χ4n) is 1.33. The minimum absolute atomic E-state index is 0.297. The molecule has 0 spiro atoms. The molecule has 0 saturated heterocycles. The zero-order chi connectivity index (χ0) is 12.7. The lowest BCUT2D eigenvalue weighted by atomic mass is 10.3. The first kappa shape index (κ1) is 14.2. The van der Waals surface area contributed by atoms with Crippen molar-refractivity contribution >= 4 is 17.2 Å². The Morgan fingerprint density at radius 1 is 1.59 bits per heavy atom. The number of carbonyl (C=O) groups is 1. The molecule has 0 saturated carbocycles. The smallest absolute Gasteiger partial charge is 0.249 e. The molecule has 1 rings (SSSR count). The summed E-state index contributed by atoms with van der Waals surface area (Å²) < 4.78 is 5.43. The summed E-state index contributed by atoms with van der Waals surface area (Å²) >= 11 is 1.55. The van der Waals surface area contributed by atoms with Gasteiger partial charge in [0, 0.05) is 23.4 Å². The largest absolute Gasteiger partial charge is 0.379 e. The Bertz CT molecular complexity index is 350. The van der Waals surface area contributed by atoms with Crippen LogP contribution in [0.25, 0.3) is 0 Å². The number of primary amides is 1. The third kappa shape index (κ3) is 5.81. The maximum atomic E-state index is 10.9. The Morgan fingerprint density at radius 2 is 2.35 bits per heavy atom.